The van der Waals surface area contributed by atoms with Gasteiger partial charge in [0.25, 0.3) is 0 Å². The molecular weight excluding hydrogens is 321 g/mol. The number of hydrogen-bond donors (Lipinski definition) is 2. The third kappa shape index (κ3) is 3.35. The Morgan fingerprint density at radius 2 is 2.16 bits per heavy atom. The van der Waals surface area contributed by atoms with E-state index in [1.807, 2.05) is 35.0 Å². The van der Waals surface area contributed by atoms with Crippen molar-refractivity contribution in [1.82, 2.24) is 24.7 Å². The number of H-pyrrole nitrogens is 1. The summed E-state index contributed by atoms with van der Waals surface area (Å²) in [5.41, 5.74) is 2.92. The summed E-state index contributed by atoms with van der Waals surface area (Å²) < 4.78 is 15.1. The van der Waals surface area contributed by atoms with Gasteiger partial charge >= 0.3 is 0 Å². The molecule has 3 aromatic heterocycles. The van der Waals surface area contributed by atoms with Gasteiger partial charge in [-0.1, -0.05) is 6.07 Å². The molecule has 7 heteroatoms. The second-order valence-electron chi connectivity index (χ2n) is 5.82. The fraction of sp³-hybridized carbons (Fsp3) is 0.167. The van der Waals surface area contributed by atoms with Crippen LogP contribution in [0.3, 0.4) is 0 Å². The molecular formula is C18H16FN5O. The molecule has 0 aliphatic rings. The van der Waals surface area contributed by atoms with E-state index in [2.05, 4.69) is 20.3 Å². The first kappa shape index (κ1) is 15.3. The molecule has 0 saturated carbocycles. The first-order valence-electron chi connectivity index (χ1n) is 8.01. The molecule has 0 unspecified atom stereocenters. The average molecular weight is 337 g/mol. The van der Waals surface area contributed by atoms with E-state index in [4.69, 9.17) is 0 Å². The minimum absolute atomic E-state index is 0.0921. The Balaban J connectivity index is 1.33. The fourth-order valence-corrected chi connectivity index (χ4v) is 2.77. The van der Waals surface area contributed by atoms with E-state index in [1.165, 1.54) is 12.1 Å². The Labute approximate surface area is 142 Å². The number of carbonyl (C=O) groups is 1. The number of halogens is 1. The first-order valence-corrected chi connectivity index (χ1v) is 8.01. The molecule has 6 nitrogen and oxygen atoms in total. The van der Waals surface area contributed by atoms with E-state index in [-0.39, 0.29) is 18.1 Å². The van der Waals surface area contributed by atoms with Crippen LogP contribution in [0.1, 0.15) is 11.5 Å². The van der Waals surface area contributed by atoms with Crippen LogP contribution in [-0.4, -0.2) is 31.8 Å². The lowest BCUT2D eigenvalue weighted by atomic mass is 10.3. The summed E-state index contributed by atoms with van der Waals surface area (Å²) in [6.07, 6.45) is 4.52. The third-order valence-corrected chi connectivity index (χ3v) is 3.93. The van der Waals surface area contributed by atoms with E-state index >= 15 is 0 Å². The monoisotopic (exact) mass is 337 g/mol. The van der Waals surface area contributed by atoms with Crippen molar-refractivity contribution in [2.75, 3.05) is 6.54 Å². The van der Waals surface area contributed by atoms with Crippen LogP contribution < -0.4 is 5.32 Å². The SMILES string of the molecule is O=C(Cc1cn2ccccc2n1)NCCc1nc2ccc(F)cc2[nH]1. The number of fused-ring (bicyclic) bond motifs is 2. The Morgan fingerprint density at radius 1 is 1.24 bits per heavy atom. The highest BCUT2D eigenvalue weighted by Gasteiger charge is 2.08. The van der Waals surface area contributed by atoms with Crippen LogP contribution in [0.25, 0.3) is 16.7 Å². The zero-order valence-corrected chi connectivity index (χ0v) is 13.4. The molecule has 2 N–H and O–H groups in total. The van der Waals surface area contributed by atoms with Crippen LogP contribution in [0.4, 0.5) is 4.39 Å². The van der Waals surface area contributed by atoms with Gasteiger partial charge in [-0.2, -0.15) is 0 Å². The summed E-state index contributed by atoms with van der Waals surface area (Å²) in [5, 5.41) is 2.86. The molecule has 25 heavy (non-hydrogen) atoms. The largest absolute Gasteiger partial charge is 0.355 e. The van der Waals surface area contributed by atoms with Gasteiger partial charge in [0.15, 0.2) is 0 Å². The summed E-state index contributed by atoms with van der Waals surface area (Å²) in [6, 6.07) is 10.1. The number of hydrogen-bond acceptors (Lipinski definition) is 3. The van der Waals surface area contributed by atoms with Crippen LogP contribution in [0.5, 0.6) is 0 Å². The average Bonchev–Trinajstić information content (AvgIpc) is 3.16. The predicted molar refractivity (Wildman–Crippen MR) is 91.7 cm³/mol. The number of aromatic amines is 1. The molecule has 1 aromatic carbocycles. The van der Waals surface area contributed by atoms with Gasteiger partial charge in [-0.15, -0.1) is 0 Å². The van der Waals surface area contributed by atoms with Crippen LogP contribution in [0.15, 0.2) is 48.8 Å². The summed E-state index contributed by atoms with van der Waals surface area (Å²) in [6.45, 7) is 0.453. The summed E-state index contributed by atoms with van der Waals surface area (Å²) in [4.78, 5) is 23.9. The summed E-state index contributed by atoms with van der Waals surface area (Å²) in [7, 11) is 0. The van der Waals surface area contributed by atoms with Crippen molar-refractivity contribution >= 4 is 22.6 Å². The second-order valence-corrected chi connectivity index (χ2v) is 5.82. The molecule has 0 aliphatic carbocycles. The number of aromatic nitrogens is 4. The highest BCUT2D eigenvalue weighted by Crippen LogP contribution is 2.13. The van der Waals surface area contributed by atoms with Gasteiger partial charge in [-0.25, -0.2) is 14.4 Å². The quantitative estimate of drug-likeness (QED) is 0.586. The van der Waals surface area contributed by atoms with Gasteiger partial charge in [0.2, 0.25) is 5.91 Å². The van der Waals surface area contributed by atoms with Gasteiger partial charge in [0, 0.05) is 25.4 Å². The van der Waals surface area contributed by atoms with Gasteiger partial charge in [0.05, 0.1) is 23.1 Å². The minimum Gasteiger partial charge on any atom is -0.355 e. The van der Waals surface area contributed by atoms with Crippen molar-refractivity contribution in [1.29, 1.82) is 0 Å². The van der Waals surface area contributed by atoms with Crippen molar-refractivity contribution in [2.45, 2.75) is 12.8 Å². The molecule has 4 aromatic rings. The Hall–Kier alpha value is -3.22. The lowest BCUT2D eigenvalue weighted by molar-refractivity contribution is -0.120. The standard InChI is InChI=1S/C18H16FN5O/c19-12-4-5-14-15(9-12)23-16(22-14)6-7-20-18(25)10-13-11-24-8-2-1-3-17(24)21-13/h1-5,8-9,11H,6-7,10H2,(H,20,25)(H,22,23). The van der Waals surface area contributed by atoms with E-state index < -0.39 is 0 Å². The number of amides is 1. The van der Waals surface area contributed by atoms with Gasteiger partial charge < -0.3 is 14.7 Å². The van der Waals surface area contributed by atoms with Gasteiger partial charge in [-0.3, -0.25) is 4.79 Å². The molecule has 4 rings (SSSR count). The van der Waals surface area contributed by atoms with Gasteiger partial charge in [0.1, 0.15) is 17.3 Å². The van der Waals surface area contributed by atoms with E-state index in [0.717, 1.165) is 11.3 Å². The van der Waals surface area contributed by atoms with Crippen molar-refractivity contribution in [3.8, 4) is 0 Å². The number of pyridine rings is 1. The predicted octanol–water partition coefficient (Wildman–Crippen LogP) is 2.25. The number of benzene rings is 1. The summed E-state index contributed by atoms with van der Waals surface area (Å²) >= 11 is 0. The normalized spacial score (nSPS) is 11.2. The molecule has 0 atom stereocenters. The number of nitrogens with zero attached hydrogens (tertiary/aromatic N) is 3. The molecule has 0 spiro atoms. The lowest BCUT2D eigenvalue weighted by Gasteiger charge is -2.02. The molecule has 1 amide bonds. The van der Waals surface area contributed by atoms with Crippen molar-refractivity contribution in [3.05, 3.63) is 66.1 Å². The Kier molecular flexibility index (Phi) is 3.89. The first-order chi connectivity index (χ1) is 12.2. The number of carbonyl (C=O) groups excluding carboxylic acids is 1. The topological polar surface area (TPSA) is 75.1 Å². The zero-order chi connectivity index (χ0) is 17.2. The molecule has 0 bridgehead atoms. The molecule has 0 fully saturated rings. The fourth-order valence-electron chi connectivity index (χ4n) is 2.77. The smallest absolute Gasteiger partial charge is 0.226 e. The van der Waals surface area contributed by atoms with Crippen LogP contribution in [0, 0.1) is 5.82 Å². The van der Waals surface area contributed by atoms with Crippen LogP contribution in [-0.2, 0) is 17.6 Å². The molecule has 3 heterocycles. The highest BCUT2D eigenvalue weighted by molar-refractivity contribution is 5.78. The number of nitrogens with one attached hydrogen (secondary N) is 2. The maximum Gasteiger partial charge on any atom is 0.226 e. The zero-order valence-electron chi connectivity index (χ0n) is 13.4. The lowest BCUT2D eigenvalue weighted by Crippen LogP contribution is -2.27. The van der Waals surface area contributed by atoms with Crippen molar-refractivity contribution in [3.63, 3.8) is 0 Å². The van der Waals surface area contributed by atoms with E-state index in [1.54, 1.807) is 6.07 Å². The second kappa shape index (κ2) is 6.35. The number of imidazole rings is 2. The molecule has 0 aliphatic heterocycles. The highest BCUT2D eigenvalue weighted by atomic mass is 19.1. The minimum atomic E-state index is -0.302. The van der Waals surface area contributed by atoms with E-state index in [9.17, 15) is 9.18 Å². The Morgan fingerprint density at radius 3 is 3.04 bits per heavy atom. The summed E-state index contributed by atoms with van der Waals surface area (Å²) in [5.74, 6) is 0.322. The molecule has 0 radical (unpaired) electrons. The van der Waals surface area contributed by atoms with Gasteiger partial charge in [-0.05, 0) is 30.3 Å². The maximum atomic E-state index is 13.2. The van der Waals surface area contributed by atoms with E-state index in [0.29, 0.717) is 29.8 Å². The third-order valence-electron chi connectivity index (χ3n) is 3.93. The molecule has 126 valence electrons. The maximum absolute atomic E-state index is 13.2. The van der Waals surface area contributed by atoms with Crippen LogP contribution >= 0.6 is 0 Å². The number of rotatable bonds is 5. The van der Waals surface area contributed by atoms with Crippen molar-refractivity contribution in [2.24, 2.45) is 0 Å². The van der Waals surface area contributed by atoms with Crippen molar-refractivity contribution < 1.29 is 9.18 Å². The van der Waals surface area contributed by atoms with Crippen LogP contribution in [0.2, 0.25) is 0 Å². The Bertz CT molecular complexity index is 1020. The molecule has 0 saturated heterocycles.